The zero-order valence-corrected chi connectivity index (χ0v) is 8.95. The number of hydrogen-bond donors (Lipinski definition) is 1. The van der Waals surface area contributed by atoms with Gasteiger partial charge in [-0.25, -0.2) is 0 Å². The molecule has 0 aromatic heterocycles. The highest BCUT2D eigenvalue weighted by Crippen LogP contribution is 2.32. The maximum absolute atomic E-state index is 11.1. The molecule has 2 rings (SSSR count). The SMILES string of the molecule is O=C1Cc2cc(CCCl)cc(Cl)c2N1. The summed E-state index contributed by atoms with van der Waals surface area (Å²) in [6.45, 7) is 0. The number of alkyl halides is 1. The first-order valence-corrected chi connectivity index (χ1v) is 5.29. The third-order valence-corrected chi connectivity index (χ3v) is 2.72. The van der Waals surface area contributed by atoms with E-state index in [1.165, 1.54) is 0 Å². The molecule has 0 fully saturated rings. The van der Waals surface area contributed by atoms with Crippen molar-refractivity contribution in [1.29, 1.82) is 0 Å². The van der Waals surface area contributed by atoms with E-state index < -0.39 is 0 Å². The number of benzene rings is 1. The summed E-state index contributed by atoms with van der Waals surface area (Å²) in [7, 11) is 0. The quantitative estimate of drug-likeness (QED) is 0.777. The zero-order valence-electron chi connectivity index (χ0n) is 7.44. The number of fused-ring (bicyclic) bond motifs is 1. The Labute approximate surface area is 92.2 Å². The number of amides is 1. The van der Waals surface area contributed by atoms with Crippen LogP contribution in [0.15, 0.2) is 12.1 Å². The monoisotopic (exact) mass is 229 g/mol. The lowest BCUT2D eigenvalue weighted by molar-refractivity contribution is -0.115. The predicted molar refractivity (Wildman–Crippen MR) is 58.2 cm³/mol. The second kappa shape index (κ2) is 3.79. The number of aryl methyl sites for hydroxylation is 1. The van der Waals surface area contributed by atoms with E-state index in [4.69, 9.17) is 23.2 Å². The van der Waals surface area contributed by atoms with Gasteiger partial charge in [0.2, 0.25) is 5.91 Å². The Hall–Kier alpha value is -0.730. The van der Waals surface area contributed by atoms with Gasteiger partial charge in [0, 0.05) is 5.88 Å². The minimum absolute atomic E-state index is 0.00456. The van der Waals surface area contributed by atoms with Crippen molar-refractivity contribution in [3.8, 4) is 0 Å². The fourth-order valence-electron chi connectivity index (χ4n) is 1.62. The molecule has 1 aromatic rings. The molecule has 1 aromatic carbocycles. The second-order valence-corrected chi connectivity index (χ2v) is 4.06. The maximum Gasteiger partial charge on any atom is 0.228 e. The lowest BCUT2D eigenvalue weighted by Gasteiger charge is -2.05. The smallest absolute Gasteiger partial charge is 0.228 e. The summed E-state index contributed by atoms with van der Waals surface area (Å²) in [6.07, 6.45) is 1.20. The molecule has 1 N–H and O–H groups in total. The minimum Gasteiger partial charge on any atom is -0.324 e. The van der Waals surface area contributed by atoms with Gasteiger partial charge in [-0.15, -0.1) is 11.6 Å². The molecule has 0 aliphatic carbocycles. The van der Waals surface area contributed by atoms with Crippen LogP contribution in [0.25, 0.3) is 0 Å². The molecule has 0 saturated carbocycles. The Bertz CT molecular complexity index is 390. The molecule has 0 saturated heterocycles. The van der Waals surface area contributed by atoms with Crippen LogP contribution >= 0.6 is 23.2 Å². The van der Waals surface area contributed by atoms with Crippen LogP contribution in [0.3, 0.4) is 0 Å². The van der Waals surface area contributed by atoms with Crippen molar-refractivity contribution in [2.24, 2.45) is 0 Å². The first-order chi connectivity index (χ1) is 6.70. The minimum atomic E-state index is 0.00456. The number of anilines is 1. The van der Waals surface area contributed by atoms with Crippen LogP contribution < -0.4 is 5.32 Å². The van der Waals surface area contributed by atoms with Crippen molar-refractivity contribution in [2.45, 2.75) is 12.8 Å². The largest absolute Gasteiger partial charge is 0.324 e. The highest BCUT2D eigenvalue weighted by molar-refractivity contribution is 6.34. The van der Waals surface area contributed by atoms with Gasteiger partial charge in [-0.2, -0.15) is 0 Å². The van der Waals surface area contributed by atoms with E-state index in [1.54, 1.807) is 0 Å². The summed E-state index contributed by atoms with van der Waals surface area (Å²) in [4.78, 5) is 11.1. The van der Waals surface area contributed by atoms with E-state index >= 15 is 0 Å². The van der Waals surface area contributed by atoms with E-state index in [2.05, 4.69) is 5.32 Å². The Kier molecular flexibility index (Phi) is 2.66. The van der Waals surface area contributed by atoms with Gasteiger partial charge in [0.15, 0.2) is 0 Å². The van der Waals surface area contributed by atoms with Crippen LogP contribution in [0.4, 0.5) is 5.69 Å². The van der Waals surface area contributed by atoms with Gasteiger partial charge >= 0.3 is 0 Å². The van der Waals surface area contributed by atoms with E-state index in [0.717, 1.165) is 23.2 Å². The van der Waals surface area contributed by atoms with Gasteiger partial charge < -0.3 is 5.32 Å². The molecule has 2 nitrogen and oxygen atoms in total. The van der Waals surface area contributed by atoms with Crippen molar-refractivity contribution in [3.05, 3.63) is 28.3 Å². The number of carbonyl (C=O) groups is 1. The zero-order chi connectivity index (χ0) is 10.1. The van der Waals surface area contributed by atoms with Gasteiger partial charge in [-0.3, -0.25) is 4.79 Å². The molecule has 1 amide bonds. The molecule has 14 heavy (non-hydrogen) atoms. The lowest BCUT2D eigenvalue weighted by Crippen LogP contribution is -2.03. The molecule has 1 aliphatic heterocycles. The average molecular weight is 230 g/mol. The van der Waals surface area contributed by atoms with Crippen molar-refractivity contribution in [3.63, 3.8) is 0 Å². The highest BCUT2D eigenvalue weighted by Gasteiger charge is 2.20. The van der Waals surface area contributed by atoms with Crippen LogP contribution in [-0.4, -0.2) is 11.8 Å². The molecule has 1 aliphatic rings. The van der Waals surface area contributed by atoms with Gasteiger partial charge in [-0.1, -0.05) is 17.7 Å². The standard InChI is InChI=1S/C10H9Cl2NO/c11-2-1-6-3-7-5-9(14)13-10(7)8(12)4-6/h3-4H,1-2,5H2,(H,13,14). The number of carbonyl (C=O) groups excluding carboxylic acids is 1. The normalized spacial score (nSPS) is 14.0. The maximum atomic E-state index is 11.1. The third-order valence-electron chi connectivity index (χ3n) is 2.23. The van der Waals surface area contributed by atoms with Gasteiger partial charge in [-0.05, 0) is 23.6 Å². The molecule has 0 radical (unpaired) electrons. The molecule has 1 heterocycles. The topological polar surface area (TPSA) is 29.1 Å². The summed E-state index contributed by atoms with van der Waals surface area (Å²) in [5.41, 5.74) is 2.82. The van der Waals surface area contributed by atoms with Crippen LogP contribution in [0.1, 0.15) is 11.1 Å². The molecular weight excluding hydrogens is 221 g/mol. The fraction of sp³-hybridized carbons (Fsp3) is 0.300. The Balaban J connectivity index is 2.40. The average Bonchev–Trinajstić information content (AvgIpc) is 2.47. The van der Waals surface area contributed by atoms with Crippen LogP contribution in [0.5, 0.6) is 0 Å². The fourth-order valence-corrected chi connectivity index (χ4v) is 2.14. The Morgan fingerprint density at radius 2 is 2.21 bits per heavy atom. The lowest BCUT2D eigenvalue weighted by atomic mass is 10.1. The summed E-state index contributed by atoms with van der Waals surface area (Å²) in [5, 5.41) is 3.34. The second-order valence-electron chi connectivity index (χ2n) is 3.28. The number of nitrogens with one attached hydrogen (secondary N) is 1. The van der Waals surface area contributed by atoms with Crippen LogP contribution in [-0.2, 0) is 17.6 Å². The van der Waals surface area contributed by atoms with Crippen molar-refractivity contribution in [1.82, 2.24) is 0 Å². The van der Waals surface area contributed by atoms with Gasteiger partial charge in [0.1, 0.15) is 0 Å². The molecular formula is C10H9Cl2NO. The summed E-state index contributed by atoms with van der Waals surface area (Å²) < 4.78 is 0. The van der Waals surface area contributed by atoms with Crippen molar-refractivity contribution >= 4 is 34.8 Å². The number of halogens is 2. The van der Waals surface area contributed by atoms with E-state index in [-0.39, 0.29) is 5.91 Å². The molecule has 0 spiro atoms. The summed E-state index contributed by atoms with van der Waals surface area (Å²) in [5.74, 6) is 0.571. The van der Waals surface area contributed by atoms with Crippen molar-refractivity contribution in [2.75, 3.05) is 11.2 Å². The van der Waals surface area contributed by atoms with Crippen LogP contribution in [0, 0.1) is 0 Å². The summed E-state index contributed by atoms with van der Waals surface area (Å²) >= 11 is 11.7. The Morgan fingerprint density at radius 3 is 2.93 bits per heavy atom. The predicted octanol–water partition coefficient (Wildman–Crippen LogP) is 2.62. The number of rotatable bonds is 2. The van der Waals surface area contributed by atoms with E-state index in [1.807, 2.05) is 12.1 Å². The first-order valence-electron chi connectivity index (χ1n) is 4.38. The highest BCUT2D eigenvalue weighted by atomic mass is 35.5. The first kappa shape index (κ1) is 9.81. The van der Waals surface area contributed by atoms with Crippen LogP contribution in [0.2, 0.25) is 5.02 Å². The summed E-state index contributed by atoms with van der Waals surface area (Å²) in [6, 6.07) is 3.84. The third kappa shape index (κ3) is 1.72. The van der Waals surface area contributed by atoms with Gasteiger partial charge in [0.05, 0.1) is 17.1 Å². The number of hydrogen-bond acceptors (Lipinski definition) is 1. The van der Waals surface area contributed by atoms with E-state index in [0.29, 0.717) is 17.3 Å². The Morgan fingerprint density at radius 1 is 1.43 bits per heavy atom. The molecule has 4 heteroatoms. The van der Waals surface area contributed by atoms with Crippen molar-refractivity contribution < 1.29 is 4.79 Å². The molecule has 74 valence electrons. The molecule has 0 unspecified atom stereocenters. The van der Waals surface area contributed by atoms with Gasteiger partial charge in [0.25, 0.3) is 0 Å². The molecule has 0 atom stereocenters. The van der Waals surface area contributed by atoms with E-state index in [9.17, 15) is 4.79 Å². The molecule has 0 bridgehead atoms.